The molecule has 1 aliphatic carbocycles. The van der Waals surface area contributed by atoms with Crippen LogP contribution in [0.5, 0.6) is 0 Å². The van der Waals surface area contributed by atoms with Gasteiger partial charge in [0.25, 0.3) is 0 Å². The van der Waals surface area contributed by atoms with Crippen molar-refractivity contribution in [3.05, 3.63) is 36.4 Å². The third kappa shape index (κ3) is 21.1. The summed E-state index contributed by atoms with van der Waals surface area (Å²) in [5.41, 5.74) is 0. The highest BCUT2D eigenvalue weighted by Crippen LogP contribution is 2.15. The van der Waals surface area contributed by atoms with Gasteiger partial charge in [0.1, 0.15) is 0 Å². The van der Waals surface area contributed by atoms with Crippen LogP contribution in [0.1, 0.15) is 73.6 Å². The molecule has 0 aromatic heterocycles. The largest absolute Gasteiger partial charge is 0.0776 e. The Balaban J connectivity index is -0.000000171. The monoisotopic (exact) mass is 238 g/mol. The topological polar surface area (TPSA) is 0 Å². The van der Waals surface area contributed by atoms with Crippen molar-refractivity contribution in [1.82, 2.24) is 0 Å². The van der Waals surface area contributed by atoms with Crippen LogP contribution in [0, 0.1) is 0 Å². The molecular formula is C17H34. The Hall–Kier alpha value is -0.780. The number of rotatable bonds is 0. The predicted molar refractivity (Wildman–Crippen MR) is 83.6 cm³/mol. The molecule has 1 aliphatic rings. The van der Waals surface area contributed by atoms with Gasteiger partial charge in [-0.25, -0.2) is 0 Å². The molecule has 0 saturated heterocycles. The average Bonchev–Trinajstić information content (AvgIpc) is 2.48. The van der Waals surface area contributed by atoms with Crippen LogP contribution in [0.3, 0.4) is 0 Å². The van der Waals surface area contributed by atoms with Crippen molar-refractivity contribution < 1.29 is 0 Å². The first-order valence-electron chi connectivity index (χ1n) is 7.00. The van der Waals surface area contributed by atoms with Gasteiger partial charge >= 0.3 is 0 Å². The van der Waals surface area contributed by atoms with Crippen molar-refractivity contribution in [3.8, 4) is 0 Å². The Bertz CT molecular complexity index is 124. The Labute approximate surface area is 110 Å². The summed E-state index contributed by atoms with van der Waals surface area (Å²) >= 11 is 0. The van der Waals surface area contributed by atoms with Gasteiger partial charge in [0.15, 0.2) is 0 Å². The Morgan fingerprint density at radius 3 is 0.647 bits per heavy atom. The first-order valence-corrected chi connectivity index (χ1v) is 7.00. The minimum Gasteiger partial charge on any atom is -0.0776 e. The van der Waals surface area contributed by atoms with Crippen molar-refractivity contribution in [3.63, 3.8) is 0 Å². The molecule has 1 fully saturated rings. The first kappa shape index (κ1) is 21.5. The highest BCUT2D eigenvalue weighted by atomic mass is 14.0. The summed E-state index contributed by atoms with van der Waals surface area (Å²) < 4.78 is 0. The summed E-state index contributed by atoms with van der Waals surface area (Å²) in [5, 5.41) is 0. The standard InChI is InChI=1S/C6H12.C6H6.2C2H6.CH4/c2*1-2-4-6-5-3-1;2*1-2;/h1-6H2;1-6H;2*1-2H3;1H4. The van der Waals surface area contributed by atoms with Crippen LogP contribution >= 0.6 is 0 Å². The molecule has 0 heterocycles. The van der Waals surface area contributed by atoms with E-state index >= 15 is 0 Å². The second-order valence-corrected chi connectivity index (χ2v) is 3.28. The van der Waals surface area contributed by atoms with E-state index in [4.69, 9.17) is 0 Å². The lowest BCUT2D eigenvalue weighted by molar-refractivity contribution is 0.504. The fourth-order valence-electron chi connectivity index (χ4n) is 1.45. The second kappa shape index (κ2) is 24.4. The maximum atomic E-state index is 2.00. The lowest BCUT2D eigenvalue weighted by Crippen LogP contribution is -1.85. The predicted octanol–water partition coefficient (Wildman–Crippen LogP) is 6.72. The van der Waals surface area contributed by atoms with Gasteiger partial charge in [0, 0.05) is 0 Å². The van der Waals surface area contributed by atoms with Crippen LogP contribution < -0.4 is 0 Å². The maximum absolute atomic E-state index is 2.00. The normalized spacial score (nSPS) is 12.0. The highest BCUT2D eigenvalue weighted by Gasteiger charge is 1.95. The molecule has 1 saturated carbocycles. The molecule has 0 unspecified atom stereocenters. The van der Waals surface area contributed by atoms with Gasteiger partial charge in [-0.2, -0.15) is 0 Å². The molecule has 1 aromatic rings. The lowest BCUT2D eigenvalue weighted by Gasteiger charge is -2.05. The molecule has 0 radical (unpaired) electrons. The zero-order chi connectivity index (χ0) is 12.5. The van der Waals surface area contributed by atoms with Gasteiger partial charge in [0.05, 0.1) is 0 Å². The molecule has 0 N–H and O–H groups in total. The third-order valence-corrected chi connectivity index (χ3v) is 2.17. The zero-order valence-electron chi connectivity index (χ0n) is 11.7. The van der Waals surface area contributed by atoms with E-state index in [1.54, 1.807) is 0 Å². The molecule has 0 heteroatoms. The van der Waals surface area contributed by atoms with Crippen LogP contribution in [0.25, 0.3) is 0 Å². The minimum atomic E-state index is 0. The molecular weight excluding hydrogens is 204 g/mol. The second-order valence-electron chi connectivity index (χ2n) is 3.28. The summed E-state index contributed by atoms with van der Waals surface area (Å²) in [6, 6.07) is 12.0. The van der Waals surface area contributed by atoms with Crippen LogP contribution in [-0.4, -0.2) is 0 Å². The molecule has 0 nitrogen and oxygen atoms in total. The van der Waals surface area contributed by atoms with Gasteiger partial charge in [-0.1, -0.05) is 110 Å². The first-order chi connectivity index (χ1) is 8.00. The molecule has 0 amide bonds. The maximum Gasteiger partial charge on any atom is -0.0533 e. The summed E-state index contributed by atoms with van der Waals surface area (Å²) in [4.78, 5) is 0. The van der Waals surface area contributed by atoms with Crippen LogP contribution in [0.4, 0.5) is 0 Å². The molecule has 1 aromatic carbocycles. The van der Waals surface area contributed by atoms with Gasteiger partial charge in [-0.05, 0) is 0 Å². The van der Waals surface area contributed by atoms with Gasteiger partial charge in [-0.3, -0.25) is 0 Å². The van der Waals surface area contributed by atoms with Gasteiger partial charge < -0.3 is 0 Å². The smallest absolute Gasteiger partial charge is 0.0533 e. The Morgan fingerprint density at radius 1 is 0.412 bits per heavy atom. The molecule has 102 valence electrons. The lowest BCUT2D eigenvalue weighted by atomic mass is 10.0. The Kier molecular flexibility index (Phi) is 30.9. The number of benzene rings is 1. The van der Waals surface area contributed by atoms with E-state index in [0.717, 1.165) is 0 Å². The van der Waals surface area contributed by atoms with Gasteiger partial charge in [0.2, 0.25) is 0 Å². The average molecular weight is 238 g/mol. The van der Waals surface area contributed by atoms with Crippen molar-refractivity contribution in [2.75, 3.05) is 0 Å². The minimum absolute atomic E-state index is 0. The van der Waals surface area contributed by atoms with Gasteiger partial charge in [-0.15, -0.1) is 0 Å². The summed E-state index contributed by atoms with van der Waals surface area (Å²) in [5.74, 6) is 0. The quantitative estimate of drug-likeness (QED) is 0.471. The zero-order valence-corrected chi connectivity index (χ0v) is 11.7. The van der Waals surface area contributed by atoms with E-state index in [0.29, 0.717) is 0 Å². The van der Waals surface area contributed by atoms with Crippen molar-refractivity contribution in [1.29, 1.82) is 0 Å². The van der Waals surface area contributed by atoms with E-state index in [2.05, 4.69) is 0 Å². The van der Waals surface area contributed by atoms with Crippen molar-refractivity contribution in [2.45, 2.75) is 73.6 Å². The number of hydrogen-bond donors (Lipinski definition) is 0. The number of hydrogen-bond acceptors (Lipinski definition) is 0. The van der Waals surface area contributed by atoms with E-state index in [-0.39, 0.29) is 7.43 Å². The molecule has 0 atom stereocenters. The van der Waals surface area contributed by atoms with E-state index in [1.165, 1.54) is 38.5 Å². The summed E-state index contributed by atoms with van der Waals surface area (Å²) in [6.45, 7) is 8.00. The molecule has 17 heavy (non-hydrogen) atoms. The third-order valence-electron chi connectivity index (χ3n) is 2.17. The van der Waals surface area contributed by atoms with Crippen LogP contribution in [-0.2, 0) is 0 Å². The molecule has 2 rings (SSSR count). The van der Waals surface area contributed by atoms with E-state index < -0.39 is 0 Å². The summed E-state index contributed by atoms with van der Waals surface area (Å²) in [6.07, 6.45) is 9.00. The van der Waals surface area contributed by atoms with Crippen molar-refractivity contribution >= 4 is 0 Å². The molecule has 0 bridgehead atoms. The van der Waals surface area contributed by atoms with E-state index in [9.17, 15) is 0 Å². The molecule has 0 aliphatic heterocycles. The fourth-order valence-corrected chi connectivity index (χ4v) is 1.45. The summed E-state index contributed by atoms with van der Waals surface area (Å²) in [7, 11) is 0. The van der Waals surface area contributed by atoms with Crippen molar-refractivity contribution in [2.24, 2.45) is 0 Å². The van der Waals surface area contributed by atoms with E-state index in [1.807, 2.05) is 64.1 Å². The van der Waals surface area contributed by atoms with Crippen LogP contribution in [0.15, 0.2) is 36.4 Å². The Morgan fingerprint density at radius 2 is 0.529 bits per heavy atom. The molecule has 0 spiro atoms. The van der Waals surface area contributed by atoms with Crippen LogP contribution in [0.2, 0.25) is 0 Å². The fraction of sp³-hybridized carbons (Fsp3) is 0.647. The SMILES string of the molecule is C.C1CCCCC1.CC.CC.c1ccccc1. The highest BCUT2D eigenvalue weighted by molar-refractivity contribution is 4.99.